The summed E-state index contributed by atoms with van der Waals surface area (Å²) >= 11 is 6.17. The minimum Gasteiger partial charge on any atom is -0.294 e. The zero-order chi connectivity index (χ0) is 26.3. The van der Waals surface area contributed by atoms with Gasteiger partial charge in [0, 0.05) is 22.3 Å². The van der Waals surface area contributed by atoms with Crippen LogP contribution in [-0.4, -0.2) is 21.6 Å². The third kappa shape index (κ3) is 4.29. The molecule has 186 valence electrons. The van der Waals surface area contributed by atoms with Crippen LogP contribution in [0.3, 0.4) is 0 Å². The molecule has 0 spiro atoms. The monoisotopic (exact) mass is 517 g/mol. The van der Waals surface area contributed by atoms with Gasteiger partial charge in [-0.15, -0.1) is 0 Å². The molecule has 0 atom stereocenters. The number of H-pyrrole nitrogens is 1. The molecule has 2 aromatic heterocycles. The second-order valence-electron chi connectivity index (χ2n) is 8.77. The van der Waals surface area contributed by atoms with Crippen molar-refractivity contribution in [1.29, 1.82) is 0 Å². The van der Waals surface area contributed by atoms with Crippen molar-refractivity contribution in [3.05, 3.63) is 111 Å². The van der Waals surface area contributed by atoms with E-state index >= 15 is 0 Å². The fourth-order valence-electron chi connectivity index (χ4n) is 4.51. The van der Waals surface area contributed by atoms with Gasteiger partial charge in [0.1, 0.15) is 11.4 Å². The summed E-state index contributed by atoms with van der Waals surface area (Å²) in [5, 5.41) is 3.57. The van der Waals surface area contributed by atoms with E-state index in [2.05, 4.69) is 5.10 Å². The Labute approximate surface area is 217 Å². The molecule has 9 heteroatoms. The smallest absolute Gasteiger partial charge is 0.294 e. The molecule has 0 fully saturated rings. The molecule has 0 saturated heterocycles. The maximum atomic E-state index is 13.9. The Morgan fingerprint density at radius 3 is 2.41 bits per heavy atom. The lowest BCUT2D eigenvalue weighted by atomic mass is 10.0. The van der Waals surface area contributed by atoms with Crippen molar-refractivity contribution in [3.63, 3.8) is 0 Å². The quantitative estimate of drug-likeness (QED) is 0.303. The first-order valence-electron chi connectivity index (χ1n) is 11.8. The third-order valence-electron chi connectivity index (χ3n) is 6.13. The molecule has 3 heterocycles. The van der Waals surface area contributed by atoms with E-state index in [4.69, 9.17) is 11.6 Å². The molecule has 1 aliphatic heterocycles. The predicted octanol–water partition coefficient (Wildman–Crippen LogP) is 4.45. The predicted molar refractivity (Wildman–Crippen MR) is 139 cm³/mol. The number of carbonyl (C=O) groups excluding carboxylic acids is 2. The Kier molecular flexibility index (Phi) is 6.35. The highest BCUT2D eigenvalue weighted by molar-refractivity contribution is 6.53. The molecule has 5 rings (SSSR count). The number of amides is 2. The van der Waals surface area contributed by atoms with Gasteiger partial charge in [-0.25, -0.2) is 14.0 Å². The van der Waals surface area contributed by atoms with Crippen LogP contribution in [0.25, 0.3) is 17.0 Å². The standard InChI is InChI=1S/C28H22ClFN4O3/c1-3-6-22-23(27(36)34(31-22)21-9-4-8-18(29)15-21)24-25(32-14-5-7-17(2)16-32)28(37)33(26(24)35)20-12-10-19(30)11-13-20/h4-5,7-16H,3,6H2,1-2H3/p+1. The van der Waals surface area contributed by atoms with E-state index < -0.39 is 23.2 Å². The number of aryl methyl sites for hydroxylation is 2. The molecule has 4 aromatic rings. The summed E-state index contributed by atoms with van der Waals surface area (Å²) in [5.41, 5.74) is 1.75. The highest BCUT2D eigenvalue weighted by atomic mass is 35.5. The van der Waals surface area contributed by atoms with E-state index in [0.29, 0.717) is 29.2 Å². The number of nitrogens with zero attached hydrogens (tertiary/aromatic N) is 3. The van der Waals surface area contributed by atoms with Crippen LogP contribution < -0.4 is 15.0 Å². The van der Waals surface area contributed by atoms with Crippen LogP contribution in [0.4, 0.5) is 10.1 Å². The van der Waals surface area contributed by atoms with E-state index in [9.17, 15) is 18.8 Å². The molecule has 0 radical (unpaired) electrons. The van der Waals surface area contributed by atoms with Gasteiger partial charge in [0.15, 0.2) is 12.4 Å². The fraction of sp³-hybridized carbons (Fsp3) is 0.143. The van der Waals surface area contributed by atoms with Crippen LogP contribution in [0.1, 0.15) is 30.2 Å². The minimum atomic E-state index is -0.660. The molecule has 0 saturated carbocycles. The molecule has 37 heavy (non-hydrogen) atoms. The Hall–Kier alpha value is -4.30. The number of aromatic nitrogens is 3. The molecule has 1 aliphatic rings. The largest absolute Gasteiger partial charge is 0.331 e. The zero-order valence-corrected chi connectivity index (χ0v) is 20.9. The van der Waals surface area contributed by atoms with Crippen molar-refractivity contribution < 1.29 is 18.5 Å². The average Bonchev–Trinajstić information content (AvgIpc) is 3.32. The van der Waals surface area contributed by atoms with Gasteiger partial charge in [0.2, 0.25) is 0 Å². The number of pyridine rings is 1. The average molecular weight is 518 g/mol. The Bertz CT molecular complexity index is 1640. The Morgan fingerprint density at radius 1 is 0.973 bits per heavy atom. The Balaban J connectivity index is 1.79. The van der Waals surface area contributed by atoms with Crippen molar-refractivity contribution in [2.45, 2.75) is 26.7 Å². The van der Waals surface area contributed by atoms with Gasteiger partial charge in [0.25, 0.3) is 17.2 Å². The van der Waals surface area contributed by atoms with E-state index in [1.807, 2.05) is 19.9 Å². The number of benzene rings is 2. The van der Waals surface area contributed by atoms with E-state index in [-0.39, 0.29) is 22.5 Å². The lowest BCUT2D eigenvalue weighted by Gasteiger charge is -2.13. The summed E-state index contributed by atoms with van der Waals surface area (Å²) in [7, 11) is 0. The van der Waals surface area contributed by atoms with Crippen molar-refractivity contribution in [2.75, 3.05) is 4.90 Å². The number of nitrogens with one attached hydrogen (secondary N) is 1. The molecule has 7 nitrogen and oxygen atoms in total. The molecule has 0 bridgehead atoms. The van der Waals surface area contributed by atoms with Crippen LogP contribution in [-0.2, 0) is 16.0 Å². The van der Waals surface area contributed by atoms with Crippen LogP contribution in [0.5, 0.6) is 0 Å². The summed E-state index contributed by atoms with van der Waals surface area (Å²) in [6.07, 6.45) is 4.53. The number of carbonyl (C=O) groups is 2. The van der Waals surface area contributed by atoms with Crippen molar-refractivity contribution in [2.24, 2.45) is 0 Å². The summed E-state index contributed by atoms with van der Waals surface area (Å²) in [6.45, 7) is 3.82. The van der Waals surface area contributed by atoms with Crippen molar-refractivity contribution in [1.82, 2.24) is 9.78 Å². The molecule has 0 unspecified atom stereocenters. The van der Waals surface area contributed by atoms with Gasteiger partial charge in [-0.05, 0) is 61.9 Å². The first-order chi connectivity index (χ1) is 17.8. The normalized spacial score (nSPS) is 13.7. The second-order valence-corrected chi connectivity index (χ2v) is 9.21. The van der Waals surface area contributed by atoms with Gasteiger partial charge < -0.3 is 0 Å². The molecule has 2 aromatic carbocycles. The lowest BCUT2D eigenvalue weighted by Crippen LogP contribution is -2.39. The fourth-order valence-corrected chi connectivity index (χ4v) is 4.69. The van der Waals surface area contributed by atoms with Gasteiger partial charge in [-0.2, -0.15) is 4.57 Å². The third-order valence-corrected chi connectivity index (χ3v) is 6.37. The maximum absolute atomic E-state index is 13.9. The molecule has 2 amide bonds. The SMILES string of the molecule is CCCc1[nH]n(-c2cccc(Cl)c2)c(=O)c1C1=C([n+]2cccc(C)c2)C(=O)N(c2ccc(F)cc2)C1=O. The number of halogens is 2. The number of anilines is 1. The maximum Gasteiger partial charge on any atom is 0.331 e. The van der Waals surface area contributed by atoms with Gasteiger partial charge in [-0.3, -0.25) is 19.5 Å². The number of rotatable bonds is 6. The second kappa shape index (κ2) is 9.63. The van der Waals surface area contributed by atoms with Crippen LogP contribution in [0.2, 0.25) is 5.02 Å². The number of hydrogen-bond donors (Lipinski definition) is 1. The Morgan fingerprint density at radius 2 is 1.73 bits per heavy atom. The number of imide groups is 1. The molecule has 0 aliphatic carbocycles. The topological polar surface area (TPSA) is 79.1 Å². The molecular weight excluding hydrogens is 495 g/mol. The van der Waals surface area contributed by atoms with E-state index in [1.54, 1.807) is 47.3 Å². The van der Waals surface area contributed by atoms with Gasteiger partial charge in [-0.1, -0.05) is 31.0 Å². The number of aromatic amines is 1. The van der Waals surface area contributed by atoms with Gasteiger partial charge >= 0.3 is 5.91 Å². The van der Waals surface area contributed by atoms with Crippen LogP contribution in [0.15, 0.2) is 77.9 Å². The van der Waals surface area contributed by atoms with Crippen LogP contribution >= 0.6 is 11.6 Å². The first-order valence-corrected chi connectivity index (χ1v) is 12.1. The highest BCUT2D eigenvalue weighted by Crippen LogP contribution is 2.34. The van der Waals surface area contributed by atoms with Gasteiger partial charge in [0.05, 0.1) is 16.9 Å². The summed E-state index contributed by atoms with van der Waals surface area (Å²) in [5.74, 6) is -1.77. The van der Waals surface area contributed by atoms with Crippen molar-refractivity contribution in [3.8, 4) is 5.69 Å². The van der Waals surface area contributed by atoms with E-state index in [0.717, 1.165) is 10.5 Å². The molecular formula is C28H23ClFN4O3+. The minimum absolute atomic E-state index is 0.0181. The number of hydrogen-bond acceptors (Lipinski definition) is 3. The summed E-state index contributed by atoms with van der Waals surface area (Å²) in [6, 6.07) is 15.5. The van der Waals surface area contributed by atoms with Crippen molar-refractivity contribution >= 4 is 40.4 Å². The van der Waals surface area contributed by atoms with E-state index in [1.165, 1.54) is 28.9 Å². The van der Waals surface area contributed by atoms with Crippen LogP contribution in [0, 0.1) is 12.7 Å². The molecule has 1 N–H and O–H groups in total. The lowest BCUT2D eigenvalue weighted by molar-refractivity contribution is -0.577. The zero-order valence-electron chi connectivity index (χ0n) is 20.2. The first kappa shape index (κ1) is 24.4. The highest BCUT2D eigenvalue weighted by Gasteiger charge is 2.48. The summed E-state index contributed by atoms with van der Waals surface area (Å²) in [4.78, 5) is 42.6. The summed E-state index contributed by atoms with van der Waals surface area (Å²) < 4.78 is 16.5.